The van der Waals surface area contributed by atoms with Gasteiger partial charge in [-0.15, -0.1) is 0 Å². The van der Waals surface area contributed by atoms with Gasteiger partial charge >= 0.3 is 0 Å². The van der Waals surface area contributed by atoms with Crippen LogP contribution in [-0.2, 0) is 0 Å². The van der Waals surface area contributed by atoms with Gasteiger partial charge in [0, 0.05) is 24.4 Å². The van der Waals surface area contributed by atoms with Crippen molar-refractivity contribution in [1.29, 1.82) is 0 Å². The van der Waals surface area contributed by atoms with Gasteiger partial charge in [0.25, 0.3) is 5.91 Å². The van der Waals surface area contributed by atoms with E-state index in [1.54, 1.807) is 23.2 Å². The third-order valence-electron chi connectivity index (χ3n) is 3.29. The maximum absolute atomic E-state index is 12.4. The Morgan fingerprint density at radius 1 is 1.61 bits per heavy atom. The topological polar surface area (TPSA) is 62.7 Å². The van der Waals surface area contributed by atoms with Gasteiger partial charge in [-0.05, 0) is 25.3 Å². The van der Waals surface area contributed by atoms with E-state index in [9.17, 15) is 9.90 Å². The summed E-state index contributed by atoms with van der Waals surface area (Å²) in [6, 6.07) is 3.24. The SMILES string of the molecule is COc1cc(C(=O)N2CCCCC2CO)ccn1. The molecule has 1 N–H and O–H groups in total. The van der Waals surface area contributed by atoms with Crippen molar-refractivity contribution < 1.29 is 14.6 Å². The zero-order valence-corrected chi connectivity index (χ0v) is 10.5. The Balaban J connectivity index is 2.18. The van der Waals surface area contributed by atoms with Crippen LogP contribution >= 0.6 is 0 Å². The Morgan fingerprint density at radius 3 is 3.17 bits per heavy atom. The number of hydrogen-bond acceptors (Lipinski definition) is 4. The van der Waals surface area contributed by atoms with Crippen molar-refractivity contribution >= 4 is 5.91 Å². The van der Waals surface area contributed by atoms with Gasteiger partial charge in [-0.25, -0.2) is 4.98 Å². The van der Waals surface area contributed by atoms with E-state index >= 15 is 0 Å². The number of amides is 1. The van der Waals surface area contributed by atoms with Gasteiger partial charge in [-0.3, -0.25) is 4.79 Å². The number of carbonyl (C=O) groups is 1. The second-order valence-corrected chi connectivity index (χ2v) is 4.42. The molecule has 1 fully saturated rings. The van der Waals surface area contributed by atoms with Crippen molar-refractivity contribution in [3.63, 3.8) is 0 Å². The summed E-state index contributed by atoms with van der Waals surface area (Å²) in [6.45, 7) is 0.725. The molecule has 1 saturated heterocycles. The Hall–Kier alpha value is -1.62. The summed E-state index contributed by atoms with van der Waals surface area (Å²) >= 11 is 0. The van der Waals surface area contributed by atoms with Crippen LogP contribution in [0.15, 0.2) is 18.3 Å². The molecule has 5 nitrogen and oxygen atoms in total. The van der Waals surface area contributed by atoms with E-state index in [2.05, 4.69) is 4.98 Å². The first-order valence-corrected chi connectivity index (χ1v) is 6.18. The summed E-state index contributed by atoms with van der Waals surface area (Å²) in [7, 11) is 1.52. The number of carbonyl (C=O) groups excluding carboxylic acids is 1. The number of pyridine rings is 1. The highest BCUT2D eigenvalue weighted by Gasteiger charge is 2.27. The Labute approximate surface area is 106 Å². The minimum absolute atomic E-state index is 0.0218. The first-order valence-electron chi connectivity index (χ1n) is 6.18. The number of hydrogen-bond donors (Lipinski definition) is 1. The van der Waals surface area contributed by atoms with E-state index in [0.29, 0.717) is 18.0 Å². The fraction of sp³-hybridized carbons (Fsp3) is 0.538. The lowest BCUT2D eigenvalue weighted by molar-refractivity contribution is 0.0502. The molecule has 1 unspecified atom stereocenters. The van der Waals surface area contributed by atoms with Gasteiger partial charge in [0.1, 0.15) is 0 Å². The third kappa shape index (κ3) is 2.61. The number of nitrogens with zero attached hydrogens (tertiary/aromatic N) is 2. The van der Waals surface area contributed by atoms with Crippen LogP contribution in [0.4, 0.5) is 0 Å². The molecule has 0 aromatic carbocycles. The summed E-state index contributed by atoms with van der Waals surface area (Å²) in [4.78, 5) is 18.1. The molecular formula is C13H18N2O3. The number of rotatable bonds is 3. The number of aliphatic hydroxyl groups excluding tert-OH is 1. The summed E-state index contributed by atoms with van der Waals surface area (Å²) in [5.74, 6) is 0.368. The van der Waals surface area contributed by atoms with Crippen LogP contribution in [0.3, 0.4) is 0 Å². The minimum Gasteiger partial charge on any atom is -0.481 e. The van der Waals surface area contributed by atoms with Gasteiger partial charge in [0.05, 0.1) is 19.8 Å². The third-order valence-corrected chi connectivity index (χ3v) is 3.29. The summed E-state index contributed by atoms with van der Waals surface area (Å²) in [6.07, 6.45) is 4.48. The zero-order chi connectivity index (χ0) is 13.0. The fourth-order valence-corrected chi connectivity index (χ4v) is 2.28. The fourth-order valence-electron chi connectivity index (χ4n) is 2.28. The van der Waals surface area contributed by atoms with Crippen molar-refractivity contribution in [1.82, 2.24) is 9.88 Å². The Bertz CT molecular complexity index is 422. The molecule has 5 heteroatoms. The zero-order valence-electron chi connectivity index (χ0n) is 10.5. The van der Waals surface area contributed by atoms with Gasteiger partial charge in [-0.1, -0.05) is 0 Å². The number of methoxy groups -OCH3 is 1. The molecule has 1 amide bonds. The van der Waals surface area contributed by atoms with Crippen molar-refractivity contribution in [2.24, 2.45) is 0 Å². The lowest BCUT2D eigenvalue weighted by Crippen LogP contribution is -2.45. The van der Waals surface area contributed by atoms with E-state index in [0.717, 1.165) is 19.3 Å². The summed E-state index contributed by atoms with van der Waals surface area (Å²) < 4.78 is 5.01. The normalized spacial score (nSPS) is 19.7. The Morgan fingerprint density at radius 2 is 2.44 bits per heavy atom. The second kappa shape index (κ2) is 5.82. The molecule has 1 aliphatic rings. The molecule has 1 aliphatic heterocycles. The predicted molar refractivity (Wildman–Crippen MR) is 66.6 cm³/mol. The lowest BCUT2D eigenvalue weighted by Gasteiger charge is -2.34. The molecule has 0 aliphatic carbocycles. The first kappa shape index (κ1) is 12.8. The minimum atomic E-state index is -0.0644. The highest BCUT2D eigenvalue weighted by atomic mass is 16.5. The largest absolute Gasteiger partial charge is 0.481 e. The molecule has 1 aromatic heterocycles. The summed E-state index contributed by atoms with van der Waals surface area (Å²) in [5, 5.41) is 9.33. The maximum Gasteiger partial charge on any atom is 0.254 e. The average Bonchev–Trinajstić information content (AvgIpc) is 2.46. The maximum atomic E-state index is 12.4. The van der Waals surface area contributed by atoms with Crippen LogP contribution < -0.4 is 4.74 Å². The first-order chi connectivity index (χ1) is 8.76. The summed E-state index contributed by atoms with van der Waals surface area (Å²) in [5.41, 5.74) is 0.558. The molecule has 18 heavy (non-hydrogen) atoms. The quantitative estimate of drug-likeness (QED) is 0.872. The van der Waals surface area contributed by atoms with Crippen molar-refractivity contribution in [2.75, 3.05) is 20.3 Å². The molecule has 0 spiro atoms. The van der Waals surface area contributed by atoms with Gasteiger partial charge in [0.15, 0.2) is 0 Å². The average molecular weight is 250 g/mol. The van der Waals surface area contributed by atoms with Crippen LogP contribution in [0.25, 0.3) is 0 Å². The van der Waals surface area contributed by atoms with E-state index in [4.69, 9.17) is 4.74 Å². The van der Waals surface area contributed by atoms with Gasteiger partial charge < -0.3 is 14.7 Å². The molecule has 0 saturated carbocycles. The molecular weight excluding hydrogens is 232 g/mol. The van der Waals surface area contributed by atoms with Crippen LogP contribution in [-0.4, -0.2) is 47.2 Å². The van der Waals surface area contributed by atoms with Crippen LogP contribution in [0.2, 0.25) is 0 Å². The van der Waals surface area contributed by atoms with Crippen LogP contribution in [0.1, 0.15) is 29.6 Å². The van der Waals surface area contributed by atoms with Crippen LogP contribution in [0.5, 0.6) is 5.88 Å². The van der Waals surface area contributed by atoms with Crippen molar-refractivity contribution in [3.8, 4) is 5.88 Å². The molecule has 1 aromatic rings. The standard InChI is InChI=1S/C13H18N2O3/c1-18-12-8-10(5-6-14-12)13(17)15-7-3-2-4-11(15)9-16/h5-6,8,11,16H,2-4,7,9H2,1H3. The van der Waals surface area contributed by atoms with Crippen LogP contribution in [0, 0.1) is 0 Å². The number of likely N-dealkylation sites (tertiary alicyclic amines) is 1. The Kier molecular flexibility index (Phi) is 4.15. The monoisotopic (exact) mass is 250 g/mol. The molecule has 2 heterocycles. The highest BCUT2D eigenvalue weighted by Crippen LogP contribution is 2.20. The molecule has 0 bridgehead atoms. The molecule has 98 valence electrons. The van der Waals surface area contributed by atoms with E-state index in [-0.39, 0.29) is 18.6 Å². The number of aromatic nitrogens is 1. The van der Waals surface area contributed by atoms with Gasteiger partial charge in [-0.2, -0.15) is 0 Å². The molecule has 1 atom stereocenters. The number of aliphatic hydroxyl groups is 1. The molecule has 0 radical (unpaired) electrons. The van der Waals surface area contributed by atoms with E-state index < -0.39 is 0 Å². The van der Waals surface area contributed by atoms with Crippen molar-refractivity contribution in [2.45, 2.75) is 25.3 Å². The van der Waals surface area contributed by atoms with E-state index in [1.807, 2.05) is 0 Å². The number of piperidine rings is 1. The smallest absolute Gasteiger partial charge is 0.254 e. The van der Waals surface area contributed by atoms with Crippen molar-refractivity contribution in [3.05, 3.63) is 23.9 Å². The predicted octanol–water partition coefficient (Wildman–Crippen LogP) is 1.08. The van der Waals surface area contributed by atoms with Gasteiger partial charge in [0.2, 0.25) is 5.88 Å². The second-order valence-electron chi connectivity index (χ2n) is 4.42. The lowest BCUT2D eigenvalue weighted by atomic mass is 10.0. The number of ether oxygens (including phenoxy) is 1. The van der Waals surface area contributed by atoms with E-state index in [1.165, 1.54) is 7.11 Å². The molecule has 2 rings (SSSR count). The highest BCUT2D eigenvalue weighted by molar-refractivity contribution is 5.94.